The summed E-state index contributed by atoms with van der Waals surface area (Å²) in [6.45, 7) is 2.01. The molecule has 0 saturated carbocycles. The summed E-state index contributed by atoms with van der Waals surface area (Å²) < 4.78 is 0.833. The van der Waals surface area contributed by atoms with E-state index in [0.29, 0.717) is 6.04 Å². The lowest BCUT2D eigenvalue weighted by atomic mass is 10.1. The third-order valence-corrected chi connectivity index (χ3v) is 3.24. The molecule has 0 aliphatic rings. The molecule has 0 aliphatic heterocycles. The van der Waals surface area contributed by atoms with Crippen LogP contribution in [0.2, 0.25) is 4.34 Å². The fourth-order valence-electron chi connectivity index (χ4n) is 1.26. The topological polar surface area (TPSA) is 38.0 Å². The average Bonchev–Trinajstić information content (AvgIpc) is 2.47. The maximum absolute atomic E-state index is 5.86. The third kappa shape index (κ3) is 3.27. The highest BCUT2D eigenvalue weighted by molar-refractivity contribution is 7.16. The van der Waals surface area contributed by atoms with Crippen LogP contribution in [0.4, 0.5) is 0 Å². The minimum atomic E-state index is 0.207. The smallest absolute Gasteiger partial charge is 0.0931 e. The summed E-state index contributed by atoms with van der Waals surface area (Å²) >= 11 is 7.47. The molecule has 1 rings (SSSR count). The SMILES string of the molecule is CNC(CC(C)N)c1ccc(Cl)s1. The molecule has 0 fully saturated rings. The highest BCUT2D eigenvalue weighted by atomic mass is 35.5. The first-order chi connectivity index (χ1) is 6.13. The average molecular weight is 219 g/mol. The van der Waals surface area contributed by atoms with Crippen molar-refractivity contribution in [2.24, 2.45) is 5.73 Å². The van der Waals surface area contributed by atoms with Gasteiger partial charge in [0.1, 0.15) is 0 Å². The zero-order chi connectivity index (χ0) is 9.84. The Bertz CT molecular complexity index is 260. The summed E-state index contributed by atoms with van der Waals surface area (Å²) in [6, 6.07) is 4.51. The molecule has 3 N–H and O–H groups in total. The normalized spacial score (nSPS) is 15.7. The van der Waals surface area contributed by atoms with E-state index in [1.807, 2.05) is 20.0 Å². The summed E-state index contributed by atoms with van der Waals surface area (Å²) in [4.78, 5) is 1.25. The van der Waals surface area contributed by atoms with Crippen LogP contribution in [-0.2, 0) is 0 Å². The van der Waals surface area contributed by atoms with Crippen LogP contribution in [0.3, 0.4) is 0 Å². The summed E-state index contributed by atoms with van der Waals surface area (Å²) in [5, 5.41) is 3.23. The van der Waals surface area contributed by atoms with Crippen LogP contribution in [0.15, 0.2) is 12.1 Å². The van der Waals surface area contributed by atoms with Crippen LogP contribution in [0.1, 0.15) is 24.3 Å². The van der Waals surface area contributed by atoms with Crippen molar-refractivity contribution in [3.05, 3.63) is 21.3 Å². The quantitative estimate of drug-likeness (QED) is 0.815. The minimum absolute atomic E-state index is 0.207. The van der Waals surface area contributed by atoms with Crippen molar-refractivity contribution < 1.29 is 0 Å². The van der Waals surface area contributed by atoms with Crippen molar-refractivity contribution in [1.29, 1.82) is 0 Å². The molecular weight excluding hydrogens is 204 g/mol. The van der Waals surface area contributed by atoms with Crippen LogP contribution < -0.4 is 11.1 Å². The van der Waals surface area contributed by atoms with E-state index in [0.717, 1.165) is 10.8 Å². The molecule has 2 nitrogen and oxygen atoms in total. The van der Waals surface area contributed by atoms with E-state index >= 15 is 0 Å². The lowest BCUT2D eigenvalue weighted by Gasteiger charge is -2.16. The predicted molar refractivity (Wildman–Crippen MR) is 59.4 cm³/mol. The van der Waals surface area contributed by atoms with E-state index in [4.69, 9.17) is 17.3 Å². The summed E-state index contributed by atoms with van der Waals surface area (Å²) in [7, 11) is 1.95. The third-order valence-electron chi connectivity index (χ3n) is 1.89. The predicted octanol–water partition coefficient (Wildman–Crippen LogP) is 2.40. The molecule has 0 amide bonds. The van der Waals surface area contributed by atoms with Crippen molar-refractivity contribution in [2.75, 3.05) is 7.05 Å². The van der Waals surface area contributed by atoms with Gasteiger partial charge in [-0.25, -0.2) is 0 Å². The van der Waals surface area contributed by atoms with E-state index in [1.54, 1.807) is 11.3 Å². The monoisotopic (exact) mass is 218 g/mol. The number of halogens is 1. The molecule has 4 heteroatoms. The van der Waals surface area contributed by atoms with Crippen LogP contribution in [0, 0.1) is 0 Å². The number of nitrogens with one attached hydrogen (secondary N) is 1. The summed E-state index contributed by atoms with van der Waals surface area (Å²) in [6.07, 6.45) is 0.938. The Morgan fingerprint density at radius 2 is 2.31 bits per heavy atom. The van der Waals surface area contributed by atoms with Gasteiger partial charge in [-0.2, -0.15) is 0 Å². The molecular formula is C9H15ClN2S. The molecule has 13 heavy (non-hydrogen) atoms. The van der Waals surface area contributed by atoms with Gasteiger partial charge in [-0.1, -0.05) is 11.6 Å². The Hall–Kier alpha value is -0.0900. The van der Waals surface area contributed by atoms with Gasteiger partial charge >= 0.3 is 0 Å². The second-order valence-corrected chi connectivity index (χ2v) is 4.94. The number of hydrogen-bond acceptors (Lipinski definition) is 3. The lowest BCUT2D eigenvalue weighted by molar-refractivity contribution is 0.506. The van der Waals surface area contributed by atoms with Gasteiger partial charge < -0.3 is 11.1 Å². The largest absolute Gasteiger partial charge is 0.328 e. The maximum Gasteiger partial charge on any atom is 0.0931 e. The van der Waals surface area contributed by atoms with Gasteiger partial charge in [0, 0.05) is 17.0 Å². The fourth-order valence-corrected chi connectivity index (χ4v) is 2.45. The molecule has 2 atom stereocenters. The van der Waals surface area contributed by atoms with Crippen molar-refractivity contribution in [3.8, 4) is 0 Å². The van der Waals surface area contributed by atoms with Crippen molar-refractivity contribution in [2.45, 2.75) is 25.4 Å². The van der Waals surface area contributed by atoms with Gasteiger partial charge in [0.2, 0.25) is 0 Å². The second kappa shape index (κ2) is 4.96. The van der Waals surface area contributed by atoms with Crippen molar-refractivity contribution >= 4 is 22.9 Å². The Morgan fingerprint density at radius 3 is 2.69 bits per heavy atom. The van der Waals surface area contributed by atoms with E-state index in [9.17, 15) is 0 Å². The fraction of sp³-hybridized carbons (Fsp3) is 0.556. The van der Waals surface area contributed by atoms with Gasteiger partial charge in [-0.3, -0.25) is 0 Å². The van der Waals surface area contributed by atoms with Gasteiger partial charge in [-0.05, 0) is 32.5 Å². The Morgan fingerprint density at radius 1 is 1.62 bits per heavy atom. The molecule has 74 valence electrons. The first-order valence-electron chi connectivity index (χ1n) is 4.31. The summed E-state index contributed by atoms with van der Waals surface area (Å²) in [5.41, 5.74) is 5.74. The molecule has 0 bridgehead atoms. The summed E-state index contributed by atoms with van der Waals surface area (Å²) in [5.74, 6) is 0. The highest BCUT2D eigenvalue weighted by Crippen LogP contribution is 2.28. The molecule has 0 saturated heterocycles. The minimum Gasteiger partial charge on any atom is -0.328 e. The lowest BCUT2D eigenvalue weighted by Crippen LogP contribution is -2.25. The Balaban J connectivity index is 2.66. The zero-order valence-electron chi connectivity index (χ0n) is 7.88. The van der Waals surface area contributed by atoms with Crippen molar-refractivity contribution in [3.63, 3.8) is 0 Å². The molecule has 0 spiro atoms. The molecule has 1 aromatic heterocycles. The first kappa shape index (κ1) is 11.0. The molecule has 0 radical (unpaired) electrons. The Kier molecular flexibility index (Phi) is 4.19. The number of nitrogens with two attached hydrogens (primary N) is 1. The number of hydrogen-bond donors (Lipinski definition) is 2. The van der Waals surface area contributed by atoms with Gasteiger partial charge in [0.15, 0.2) is 0 Å². The van der Waals surface area contributed by atoms with E-state index in [-0.39, 0.29) is 6.04 Å². The zero-order valence-corrected chi connectivity index (χ0v) is 9.45. The van der Waals surface area contributed by atoms with E-state index < -0.39 is 0 Å². The molecule has 1 heterocycles. The molecule has 2 unspecified atom stereocenters. The van der Waals surface area contributed by atoms with Gasteiger partial charge in [0.25, 0.3) is 0 Å². The maximum atomic E-state index is 5.86. The van der Waals surface area contributed by atoms with E-state index in [1.165, 1.54) is 4.88 Å². The van der Waals surface area contributed by atoms with Crippen LogP contribution >= 0.6 is 22.9 Å². The molecule has 0 aliphatic carbocycles. The molecule has 1 aromatic rings. The standard InChI is InChI=1S/C9H15ClN2S/c1-6(11)5-7(12-2)8-3-4-9(10)13-8/h3-4,6-7,12H,5,11H2,1-2H3. The van der Waals surface area contributed by atoms with E-state index in [2.05, 4.69) is 11.4 Å². The Labute approximate surface area is 88.1 Å². The van der Waals surface area contributed by atoms with Crippen LogP contribution in [0.25, 0.3) is 0 Å². The van der Waals surface area contributed by atoms with Gasteiger partial charge in [-0.15, -0.1) is 11.3 Å². The highest BCUT2D eigenvalue weighted by Gasteiger charge is 2.12. The second-order valence-electron chi connectivity index (χ2n) is 3.20. The van der Waals surface area contributed by atoms with Crippen LogP contribution in [0.5, 0.6) is 0 Å². The first-order valence-corrected chi connectivity index (χ1v) is 5.51. The molecule has 0 aromatic carbocycles. The van der Waals surface area contributed by atoms with Crippen molar-refractivity contribution in [1.82, 2.24) is 5.32 Å². The number of rotatable bonds is 4. The van der Waals surface area contributed by atoms with Gasteiger partial charge in [0.05, 0.1) is 4.34 Å². The number of thiophene rings is 1. The van der Waals surface area contributed by atoms with Crippen LogP contribution in [-0.4, -0.2) is 13.1 Å².